The summed E-state index contributed by atoms with van der Waals surface area (Å²) in [6.45, 7) is 3.85. The van der Waals surface area contributed by atoms with Gasteiger partial charge in [-0.1, -0.05) is 6.08 Å². The highest BCUT2D eigenvalue weighted by Crippen LogP contribution is 2.47. The number of anilines is 1. The fraction of sp³-hybridized carbons (Fsp3) is 0.290. The molecule has 0 radical (unpaired) electrons. The van der Waals surface area contributed by atoms with Crippen molar-refractivity contribution in [3.05, 3.63) is 72.8 Å². The standard InChI is InChI=1S/C31H35N6O6P/c1-7-42-44(39,40)43-21(2)37-20-29(22-10-11-33-25(13-22)18-32)28-16-24(19-34-31(28)37)23-14-26(17-27(15-23)41-6)36(5)30(38)9-8-12-35(3)4/h8-11,13-17,19-21H,7,12H2,1-6H3,(H,39,40). The van der Waals surface area contributed by atoms with Crippen LogP contribution in [0.2, 0.25) is 0 Å². The third-order valence-electron chi connectivity index (χ3n) is 6.73. The first-order valence-corrected chi connectivity index (χ1v) is 15.3. The Labute approximate surface area is 256 Å². The molecule has 0 aliphatic heterocycles. The quantitative estimate of drug-likeness (QED) is 0.162. The van der Waals surface area contributed by atoms with Gasteiger partial charge in [0.2, 0.25) is 5.91 Å². The van der Waals surface area contributed by atoms with Crippen LogP contribution in [0.25, 0.3) is 33.3 Å². The molecule has 44 heavy (non-hydrogen) atoms. The lowest BCUT2D eigenvalue weighted by atomic mass is 10.0. The van der Waals surface area contributed by atoms with E-state index < -0.39 is 14.1 Å². The number of pyridine rings is 2. The number of ether oxygens (including phenoxy) is 1. The number of nitriles is 1. The molecule has 0 bridgehead atoms. The predicted molar refractivity (Wildman–Crippen MR) is 168 cm³/mol. The fourth-order valence-electron chi connectivity index (χ4n) is 4.56. The molecule has 1 N–H and O–H groups in total. The van der Waals surface area contributed by atoms with Gasteiger partial charge in [0.1, 0.15) is 29.4 Å². The molecule has 0 saturated heterocycles. The smallest absolute Gasteiger partial charge is 0.474 e. The van der Waals surface area contributed by atoms with Crippen molar-refractivity contribution in [1.29, 1.82) is 5.26 Å². The third-order valence-corrected chi connectivity index (χ3v) is 7.89. The Bertz CT molecular complexity index is 1780. The minimum Gasteiger partial charge on any atom is -0.497 e. The number of methoxy groups -OCH3 is 1. The van der Waals surface area contributed by atoms with Crippen molar-refractivity contribution in [2.75, 3.05) is 46.3 Å². The van der Waals surface area contributed by atoms with Crippen molar-refractivity contribution in [2.45, 2.75) is 20.1 Å². The number of phosphoric ester groups is 1. The zero-order valence-corrected chi connectivity index (χ0v) is 26.4. The summed E-state index contributed by atoms with van der Waals surface area (Å²) < 4.78 is 29.9. The van der Waals surface area contributed by atoms with Crippen LogP contribution >= 0.6 is 7.82 Å². The van der Waals surface area contributed by atoms with Crippen LogP contribution in [0.3, 0.4) is 0 Å². The molecule has 3 heterocycles. The molecule has 3 aromatic heterocycles. The normalized spacial score (nSPS) is 13.6. The van der Waals surface area contributed by atoms with Crippen molar-refractivity contribution in [1.82, 2.24) is 19.4 Å². The zero-order valence-electron chi connectivity index (χ0n) is 25.5. The number of likely N-dealkylation sites (N-methyl/N-ethyl adjacent to an activating group) is 2. The highest BCUT2D eigenvalue weighted by molar-refractivity contribution is 7.47. The average molecular weight is 619 g/mol. The average Bonchev–Trinajstić information content (AvgIpc) is 3.39. The van der Waals surface area contributed by atoms with Gasteiger partial charge in [-0.2, -0.15) is 5.26 Å². The van der Waals surface area contributed by atoms with Crippen molar-refractivity contribution in [3.63, 3.8) is 0 Å². The summed E-state index contributed by atoms with van der Waals surface area (Å²) in [5.41, 5.74) is 4.21. The first-order valence-electron chi connectivity index (χ1n) is 13.8. The number of carbonyl (C=O) groups excluding carboxylic acids is 1. The number of amides is 1. The van der Waals surface area contributed by atoms with E-state index in [-0.39, 0.29) is 18.2 Å². The minimum absolute atomic E-state index is 0.00339. The molecule has 1 amide bonds. The summed E-state index contributed by atoms with van der Waals surface area (Å²) in [5.74, 6) is 0.365. The predicted octanol–water partition coefficient (Wildman–Crippen LogP) is 5.40. The molecule has 0 aliphatic carbocycles. The topological polar surface area (TPSA) is 143 Å². The number of hydrogen-bond donors (Lipinski definition) is 1. The van der Waals surface area contributed by atoms with Crippen LogP contribution in [0.1, 0.15) is 25.8 Å². The molecule has 2 atom stereocenters. The van der Waals surface area contributed by atoms with Crippen LogP contribution in [-0.2, 0) is 18.4 Å². The molecule has 4 aromatic rings. The Hall–Kier alpha value is -4.37. The van der Waals surface area contributed by atoms with E-state index in [4.69, 9.17) is 18.8 Å². The molecule has 0 fully saturated rings. The SMILES string of the molecule is CCOP(=O)(O)OC(C)n1cc(-c2ccnc(C#N)c2)c2cc(-c3cc(OC)cc(N(C)C(=O)C=CCN(C)C)c3)cnc21. The third kappa shape index (κ3) is 7.58. The molecule has 230 valence electrons. The summed E-state index contributed by atoms with van der Waals surface area (Å²) in [6.07, 6.45) is 7.37. The molecule has 1 aromatic carbocycles. The highest BCUT2D eigenvalue weighted by atomic mass is 31.2. The zero-order chi connectivity index (χ0) is 32.0. The number of phosphoric acid groups is 1. The highest BCUT2D eigenvalue weighted by Gasteiger charge is 2.27. The second kappa shape index (κ2) is 13.9. The van der Waals surface area contributed by atoms with E-state index in [2.05, 4.69) is 11.1 Å². The van der Waals surface area contributed by atoms with E-state index in [1.807, 2.05) is 37.2 Å². The molecule has 0 spiro atoms. The van der Waals surface area contributed by atoms with Gasteiger partial charge in [-0.3, -0.25) is 13.8 Å². The van der Waals surface area contributed by atoms with Crippen LogP contribution in [0.15, 0.2) is 67.1 Å². The van der Waals surface area contributed by atoms with Gasteiger partial charge < -0.3 is 24.0 Å². The Balaban J connectivity index is 1.83. The lowest BCUT2D eigenvalue weighted by molar-refractivity contribution is -0.113. The molecular weight excluding hydrogens is 583 g/mol. The molecule has 0 saturated carbocycles. The van der Waals surface area contributed by atoms with E-state index >= 15 is 0 Å². The number of benzene rings is 1. The van der Waals surface area contributed by atoms with Crippen molar-refractivity contribution >= 4 is 30.5 Å². The second-order valence-electron chi connectivity index (χ2n) is 10.2. The lowest BCUT2D eigenvalue weighted by Crippen LogP contribution is -2.24. The second-order valence-corrected chi connectivity index (χ2v) is 11.6. The van der Waals surface area contributed by atoms with Crippen LogP contribution < -0.4 is 9.64 Å². The van der Waals surface area contributed by atoms with E-state index in [0.29, 0.717) is 40.1 Å². The van der Waals surface area contributed by atoms with Gasteiger partial charge in [0, 0.05) is 66.5 Å². The van der Waals surface area contributed by atoms with E-state index in [9.17, 15) is 19.5 Å². The van der Waals surface area contributed by atoms with Gasteiger partial charge in [0.25, 0.3) is 0 Å². The maximum atomic E-state index is 12.9. The summed E-state index contributed by atoms with van der Waals surface area (Å²) >= 11 is 0. The Morgan fingerprint density at radius 2 is 1.93 bits per heavy atom. The molecule has 2 unspecified atom stereocenters. The Morgan fingerprint density at radius 1 is 1.16 bits per heavy atom. The Kier molecular flexibility index (Phi) is 10.3. The molecule has 4 rings (SSSR count). The number of rotatable bonds is 12. The van der Waals surface area contributed by atoms with Gasteiger partial charge in [0.05, 0.1) is 13.7 Å². The van der Waals surface area contributed by atoms with E-state index in [1.165, 1.54) is 11.0 Å². The Morgan fingerprint density at radius 3 is 2.61 bits per heavy atom. The number of aromatic nitrogens is 3. The molecule has 12 nitrogen and oxygen atoms in total. The van der Waals surface area contributed by atoms with Gasteiger partial charge in [-0.15, -0.1) is 0 Å². The van der Waals surface area contributed by atoms with Gasteiger partial charge in [0.15, 0.2) is 0 Å². The van der Waals surface area contributed by atoms with Crippen LogP contribution in [-0.4, -0.2) is 71.6 Å². The molecule has 0 aliphatic rings. The van der Waals surface area contributed by atoms with Crippen LogP contribution in [0.5, 0.6) is 5.75 Å². The first-order chi connectivity index (χ1) is 21.0. The summed E-state index contributed by atoms with van der Waals surface area (Å²) in [6, 6.07) is 12.9. The number of hydrogen-bond acceptors (Lipinski definition) is 9. The minimum atomic E-state index is -4.32. The monoisotopic (exact) mass is 618 g/mol. The van der Waals surface area contributed by atoms with E-state index in [0.717, 1.165) is 11.1 Å². The maximum absolute atomic E-state index is 12.9. The summed E-state index contributed by atoms with van der Waals surface area (Å²) in [4.78, 5) is 35.3. The van der Waals surface area contributed by atoms with Crippen LogP contribution in [0, 0.1) is 11.3 Å². The van der Waals surface area contributed by atoms with Crippen molar-refractivity contribution < 1.29 is 28.0 Å². The maximum Gasteiger partial charge on any atom is 0.474 e. The van der Waals surface area contributed by atoms with Gasteiger partial charge in [-0.25, -0.2) is 14.5 Å². The largest absolute Gasteiger partial charge is 0.497 e. The van der Waals surface area contributed by atoms with Crippen molar-refractivity contribution in [2.24, 2.45) is 0 Å². The number of nitrogens with zero attached hydrogens (tertiary/aromatic N) is 6. The molecule has 13 heteroatoms. The number of fused-ring (bicyclic) bond motifs is 1. The van der Waals surface area contributed by atoms with Gasteiger partial charge in [-0.05, 0) is 69.4 Å². The molecular formula is C31H35N6O6P. The van der Waals surface area contributed by atoms with E-state index in [1.54, 1.807) is 75.4 Å². The fourth-order valence-corrected chi connectivity index (χ4v) is 5.43. The number of carbonyl (C=O) groups is 1. The summed E-state index contributed by atoms with van der Waals surface area (Å²) in [7, 11) is 2.78. The van der Waals surface area contributed by atoms with Crippen molar-refractivity contribution in [3.8, 4) is 34.1 Å². The lowest BCUT2D eigenvalue weighted by Gasteiger charge is -2.19. The first kappa shape index (κ1) is 32.5. The van der Waals surface area contributed by atoms with Crippen LogP contribution in [0.4, 0.5) is 5.69 Å². The summed E-state index contributed by atoms with van der Waals surface area (Å²) in [5, 5.41) is 10.1. The van der Waals surface area contributed by atoms with Gasteiger partial charge >= 0.3 is 7.82 Å².